The smallest absolute Gasteiger partial charge is 0.204 e. The molecule has 0 fully saturated rings. The Labute approximate surface area is 99.1 Å². The number of halogens is 4. The van der Waals surface area contributed by atoms with E-state index in [0.29, 0.717) is 0 Å². The van der Waals surface area contributed by atoms with Crippen molar-refractivity contribution in [2.45, 2.75) is 0 Å². The SMILES string of the molecule is Fc1cccc(-c2nc(Cl)nc(Cl)n2)c1F. The van der Waals surface area contributed by atoms with Crippen LogP contribution >= 0.6 is 23.2 Å². The van der Waals surface area contributed by atoms with Gasteiger partial charge in [0.25, 0.3) is 0 Å². The Balaban J connectivity index is 2.63. The summed E-state index contributed by atoms with van der Waals surface area (Å²) in [6.45, 7) is 0. The first-order chi connectivity index (χ1) is 7.58. The van der Waals surface area contributed by atoms with Crippen LogP contribution in [0.3, 0.4) is 0 Å². The van der Waals surface area contributed by atoms with Crippen LogP contribution in [0.25, 0.3) is 11.4 Å². The Kier molecular flexibility index (Phi) is 2.98. The molecule has 1 aromatic carbocycles. The van der Waals surface area contributed by atoms with Crippen LogP contribution in [0.5, 0.6) is 0 Å². The van der Waals surface area contributed by atoms with Crippen molar-refractivity contribution in [3.63, 3.8) is 0 Å². The molecule has 0 amide bonds. The van der Waals surface area contributed by atoms with Gasteiger partial charge in [-0.1, -0.05) is 6.07 Å². The van der Waals surface area contributed by atoms with Gasteiger partial charge in [-0.2, -0.15) is 15.0 Å². The van der Waals surface area contributed by atoms with Gasteiger partial charge >= 0.3 is 0 Å². The summed E-state index contributed by atoms with van der Waals surface area (Å²) in [5, 5.41) is -0.364. The van der Waals surface area contributed by atoms with Crippen LogP contribution in [0.2, 0.25) is 10.6 Å². The Morgan fingerprint density at radius 1 is 0.938 bits per heavy atom. The van der Waals surface area contributed by atoms with Gasteiger partial charge in [0.15, 0.2) is 17.5 Å². The van der Waals surface area contributed by atoms with E-state index in [0.717, 1.165) is 6.07 Å². The highest BCUT2D eigenvalue weighted by Gasteiger charge is 2.13. The fourth-order valence-electron chi connectivity index (χ4n) is 1.12. The van der Waals surface area contributed by atoms with Crippen LogP contribution in [0.4, 0.5) is 8.78 Å². The Bertz CT molecular complexity index is 528. The van der Waals surface area contributed by atoms with Crippen molar-refractivity contribution >= 4 is 23.2 Å². The third-order valence-corrected chi connectivity index (χ3v) is 2.11. The fourth-order valence-corrected chi connectivity index (χ4v) is 1.49. The van der Waals surface area contributed by atoms with Gasteiger partial charge in [-0.05, 0) is 35.3 Å². The lowest BCUT2D eigenvalue weighted by Crippen LogP contribution is -1.97. The van der Waals surface area contributed by atoms with Crippen molar-refractivity contribution in [1.29, 1.82) is 0 Å². The quantitative estimate of drug-likeness (QED) is 0.792. The predicted molar refractivity (Wildman–Crippen MR) is 55.2 cm³/mol. The minimum absolute atomic E-state index is 0.109. The summed E-state index contributed by atoms with van der Waals surface area (Å²) in [5.74, 6) is -2.16. The monoisotopic (exact) mass is 261 g/mol. The maximum Gasteiger partial charge on any atom is 0.227 e. The third kappa shape index (κ3) is 2.10. The molecule has 0 unspecified atom stereocenters. The molecule has 0 radical (unpaired) electrons. The van der Waals surface area contributed by atoms with E-state index in [2.05, 4.69) is 15.0 Å². The van der Waals surface area contributed by atoms with Gasteiger partial charge in [-0.25, -0.2) is 8.78 Å². The zero-order valence-corrected chi connectivity index (χ0v) is 9.10. The molecule has 7 heteroatoms. The summed E-state index contributed by atoms with van der Waals surface area (Å²) in [6.07, 6.45) is 0. The maximum atomic E-state index is 13.4. The summed E-state index contributed by atoms with van der Waals surface area (Å²) in [7, 11) is 0. The van der Waals surface area contributed by atoms with E-state index >= 15 is 0 Å². The number of hydrogen-bond acceptors (Lipinski definition) is 3. The highest BCUT2D eigenvalue weighted by atomic mass is 35.5. The molecule has 82 valence electrons. The Hall–Kier alpha value is -1.33. The summed E-state index contributed by atoms with van der Waals surface area (Å²) in [4.78, 5) is 10.8. The highest BCUT2D eigenvalue weighted by Crippen LogP contribution is 2.22. The van der Waals surface area contributed by atoms with E-state index in [1.807, 2.05) is 0 Å². The first-order valence-corrected chi connectivity index (χ1v) is 4.85. The minimum Gasteiger partial charge on any atom is -0.204 e. The Morgan fingerprint density at radius 3 is 2.19 bits per heavy atom. The second-order valence-electron chi connectivity index (χ2n) is 2.80. The van der Waals surface area contributed by atoms with E-state index in [9.17, 15) is 8.78 Å². The van der Waals surface area contributed by atoms with Crippen molar-refractivity contribution in [3.05, 3.63) is 40.4 Å². The lowest BCUT2D eigenvalue weighted by atomic mass is 10.2. The number of rotatable bonds is 1. The normalized spacial score (nSPS) is 10.5. The summed E-state index contributed by atoms with van der Waals surface area (Å²) in [6, 6.07) is 3.64. The van der Waals surface area contributed by atoms with Crippen molar-refractivity contribution in [2.24, 2.45) is 0 Å². The average molecular weight is 262 g/mol. The van der Waals surface area contributed by atoms with Crippen LogP contribution in [0.1, 0.15) is 0 Å². The molecule has 16 heavy (non-hydrogen) atoms. The number of benzene rings is 1. The highest BCUT2D eigenvalue weighted by molar-refractivity contribution is 6.31. The lowest BCUT2D eigenvalue weighted by Gasteiger charge is -2.02. The molecule has 0 saturated heterocycles. The molecule has 0 bridgehead atoms. The third-order valence-electron chi connectivity index (χ3n) is 1.77. The van der Waals surface area contributed by atoms with Crippen LogP contribution in [0, 0.1) is 11.6 Å². The van der Waals surface area contributed by atoms with E-state index in [-0.39, 0.29) is 22.0 Å². The predicted octanol–water partition coefficient (Wildman–Crippen LogP) is 3.12. The number of aromatic nitrogens is 3. The zero-order chi connectivity index (χ0) is 11.7. The minimum atomic E-state index is -1.05. The molecule has 1 aromatic heterocycles. The summed E-state index contributed by atoms with van der Waals surface area (Å²) >= 11 is 11.1. The Morgan fingerprint density at radius 2 is 1.56 bits per heavy atom. The maximum absolute atomic E-state index is 13.4. The molecule has 1 heterocycles. The standard InChI is InChI=1S/C9H3Cl2F2N3/c10-8-14-7(15-9(11)16-8)4-2-1-3-5(12)6(4)13/h1-3H. The van der Waals surface area contributed by atoms with Gasteiger partial charge in [0.05, 0.1) is 5.56 Å². The molecule has 0 atom stereocenters. The summed E-state index contributed by atoms with van der Waals surface area (Å²) in [5.41, 5.74) is -0.119. The molecule has 0 N–H and O–H groups in total. The van der Waals surface area contributed by atoms with E-state index < -0.39 is 11.6 Å². The van der Waals surface area contributed by atoms with Crippen LogP contribution in [-0.2, 0) is 0 Å². The molecule has 3 nitrogen and oxygen atoms in total. The molecular formula is C9H3Cl2F2N3. The molecule has 0 saturated carbocycles. The van der Waals surface area contributed by atoms with Gasteiger partial charge in [0.2, 0.25) is 10.6 Å². The molecule has 0 aliphatic heterocycles. The topological polar surface area (TPSA) is 38.7 Å². The van der Waals surface area contributed by atoms with Crippen LogP contribution < -0.4 is 0 Å². The largest absolute Gasteiger partial charge is 0.227 e. The molecule has 2 rings (SSSR count). The lowest BCUT2D eigenvalue weighted by molar-refractivity contribution is 0.510. The number of hydrogen-bond donors (Lipinski definition) is 0. The van der Waals surface area contributed by atoms with Crippen molar-refractivity contribution < 1.29 is 8.78 Å². The second-order valence-corrected chi connectivity index (χ2v) is 3.47. The van der Waals surface area contributed by atoms with Gasteiger partial charge in [0.1, 0.15) is 0 Å². The first-order valence-electron chi connectivity index (χ1n) is 4.09. The zero-order valence-electron chi connectivity index (χ0n) is 7.59. The van der Waals surface area contributed by atoms with Gasteiger partial charge < -0.3 is 0 Å². The second kappa shape index (κ2) is 4.27. The molecule has 0 aliphatic rings. The van der Waals surface area contributed by atoms with E-state index in [1.54, 1.807) is 0 Å². The fraction of sp³-hybridized carbons (Fsp3) is 0. The molecule has 0 spiro atoms. The summed E-state index contributed by atoms with van der Waals surface area (Å²) < 4.78 is 26.3. The van der Waals surface area contributed by atoms with E-state index in [4.69, 9.17) is 23.2 Å². The molecule has 0 aliphatic carbocycles. The van der Waals surface area contributed by atoms with Crippen LogP contribution in [0.15, 0.2) is 18.2 Å². The first kappa shape index (κ1) is 11.2. The van der Waals surface area contributed by atoms with Crippen molar-refractivity contribution in [1.82, 2.24) is 15.0 Å². The van der Waals surface area contributed by atoms with Gasteiger partial charge in [-0.15, -0.1) is 0 Å². The molecular weight excluding hydrogens is 259 g/mol. The van der Waals surface area contributed by atoms with Gasteiger partial charge in [0, 0.05) is 0 Å². The average Bonchev–Trinajstić information content (AvgIpc) is 2.20. The van der Waals surface area contributed by atoms with Gasteiger partial charge in [-0.3, -0.25) is 0 Å². The van der Waals surface area contributed by atoms with Crippen molar-refractivity contribution in [3.8, 4) is 11.4 Å². The van der Waals surface area contributed by atoms with Crippen molar-refractivity contribution in [2.75, 3.05) is 0 Å². The number of nitrogens with zero attached hydrogens (tertiary/aromatic N) is 3. The molecule has 2 aromatic rings. The van der Waals surface area contributed by atoms with E-state index in [1.165, 1.54) is 12.1 Å². The van der Waals surface area contributed by atoms with Crippen LogP contribution in [-0.4, -0.2) is 15.0 Å².